The zero-order valence-corrected chi connectivity index (χ0v) is 10.3. The molecule has 4 heteroatoms. The first-order chi connectivity index (χ1) is 8.70. The van der Waals surface area contributed by atoms with Gasteiger partial charge in [-0.15, -0.1) is 0 Å². The van der Waals surface area contributed by atoms with Gasteiger partial charge in [-0.1, -0.05) is 18.2 Å². The number of amides is 1. The van der Waals surface area contributed by atoms with E-state index in [1.165, 1.54) is 6.07 Å². The molecule has 0 saturated carbocycles. The fraction of sp³-hybridized carbons (Fsp3) is 0.500. The molecule has 1 aliphatic rings. The van der Waals surface area contributed by atoms with Crippen molar-refractivity contribution in [3.63, 3.8) is 0 Å². The Hall–Kier alpha value is -1.42. The molecular formula is C14H18FNO2. The lowest BCUT2D eigenvalue weighted by atomic mass is 10.1. The fourth-order valence-corrected chi connectivity index (χ4v) is 2.39. The van der Waals surface area contributed by atoms with Crippen LogP contribution in [0.25, 0.3) is 0 Å². The van der Waals surface area contributed by atoms with Gasteiger partial charge in [-0.05, 0) is 30.4 Å². The third-order valence-corrected chi connectivity index (χ3v) is 3.48. The molecular weight excluding hydrogens is 233 g/mol. The molecule has 2 rings (SSSR count). The van der Waals surface area contributed by atoms with Gasteiger partial charge in [0.25, 0.3) is 0 Å². The van der Waals surface area contributed by atoms with Crippen molar-refractivity contribution >= 4 is 5.91 Å². The molecule has 0 aromatic heterocycles. The molecule has 1 atom stereocenters. The van der Waals surface area contributed by atoms with Crippen molar-refractivity contribution in [2.24, 2.45) is 5.92 Å². The van der Waals surface area contributed by atoms with Gasteiger partial charge in [0.05, 0.1) is 6.42 Å². The van der Waals surface area contributed by atoms with Crippen LogP contribution in [0.3, 0.4) is 0 Å². The SMILES string of the molecule is O=C(Cc1ccccc1F)N1CCC(CCO)C1. The van der Waals surface area contributed by atoms with E-state index < -0.39 is 0 Å². The van der Waals surface area contributed by atoms with Crippen molar-refractivity contribution in [1.82, 2.24) is 4.90 Å². The normalized spacial score (nSPS) is 19.2. The van der Waals surface area contributed by atoms with Crippen LogP contribution in [0.4, 0.5) is 4.39 Å². The topological polar surface area (TPSA) is 40.5 Å². The van der Waals surface area contributed by atoms with E-state index in [4.69, 9.17) is 5.11 Å². The number of halogens is 1. The summed E-state index contributed by atoms with van der Waals surface area (Å²) in [5.74, 6) is 0.0389. The molecule has 1 aromatic rings. The molecule has 0 bridgehead atoms. The van der Waals surface area contributed by atoms with Gasteiger partial charge in [0.2, 0.25) is 5.91 Å². The van der Waals surface area contributed by atoms with Crippen LogP contribution in [0.1, 0.15) is 18.4 Å². The number of nitrogens with zero attached hydrogens (tertiary/aromatic N) is 1. The summed E-state index contributed by atoms with van der Waals surface area (Å²) in [7, 11) is 0. The number of aliphatic hydroxyl groups is 1. The average Bonchev–Trinajstić information content (AvgIpc) is 2.81. The highest BCUT2D eigenvalue weighted by Gasteiger charge is 2.25. The quantitative estimate of drug-likeness (QED) is 0.883. The Balaban J connectivity index is 1.91. The summed E-state index contributed by atoms with van der Waals surface area (Å²) < 4.78 is 13.4. The van der Waals surface area contributed by atoms with E-state index in [2.05, 4.69) is 0 Å². The van der Waals surface area contributed by atoms with E-state index in [-0.39, 0.29) is 24.8 Å². The van der Waals surface area contributed by atoms with Gasteiger partial charge in [-0.3, -0.25) is 4.79 Å². The summed E-state index contributed by atoms with van der Waals surface area (Å²) in [4.78, 5) is 13.8. The van der Waals surface area contributed by atoms with Crippen LogP contribution in [0.2, 0.25) is 0 Å². The smallest absolute Gasteiger partial charge is 0.227 e. The lowest BCUT2D eigenvalue weighted by Gasteiger charge is -2.16. The number of likely N-dealkylation sites (tertiary alicyclic amines) is 1. The molecule has 1 amide bonds. The van der Waals surface area contributed by atoms with E-state index in [0.717, 1.165) is 19.4 Å². The van der Waals surface area contributed by atoms with Crippen LogP contribution in [0.5, 0.6) is 0 Å². The minimum absolute atomic E-state index is 0.0273. The minimum Gasteiger partial charge on any atom is -0.396 e. The zero-order chi connectivity index (χ0) is 13.0. The van der Waals surface area contributed by atoms with E-state index in [1.807, 2.05) is 0 Å². The molecule has 1 unspecified atom stereocenters. The van der Waals surface area contributed by atoms with Gasteiger partial charge in [0.1, 0.15) is 5.82 Å². The Bertz CT molecular complexity index is 422. The van der Waals surface area contributed by atoms with E-state index in [0.29, 0.717) is 18.0 Å². The number of benzene rings is 1. The van der Waals surface area contributed by atoms with Gasteiger partial charge < -0.3 is 10.0 Å². The first-order valence-electron chi connectivity index (χ1n) is 6.32. The maximum absolute atomic E-state index is 13.4. The molecule has 3 nitrogen and oxygen atoms in total. The van der Waals surface area contributed by atoms with Crippen molar-refractivity contribution in [3.8, 4) is 0 Å². The van der Waals surface area contributed by atoms with Crippen LogP contribution in [0, 0.1) is 11.7 Å². The molecule has 0 spiro atoms. The predicted molar refractivity (Wildman–Crippen MR) is 66.5 cm³/mol. The first-order valence-corrected chi connectivity index (χ1v) is 6.32. The average molecular weight is 251 g/mol. The highest BCUT2D eigenvalue weighted by atomic mass is 19.1. The van der Waals surface area contributed by atoms with Crippen LogP contribution in [-0.2, 0) is 11.2 Å². The predicted octanol–water partition coefficient (Wildman–Crippen LogP) is 1.60. The molecule has 1 N–H and O–H groups in total. The number of hydrogen-bond donors (Lipinski definition) is 1. The van der Waals surface area contributed by atoms with Gasteiger partial charge >= 0.3 is 0 Å². The molecule has 0 radical (unpaired) electrons. The second-order valence-corrected chi connectivity index (χ2v) is 4.77. The summed E-state index contributed by atoms with van der Waals surface area (Å²) in [6, 6.07) is 6.39. The highest BCUT2D eigenvalue weighted by Crippen LogP contribution is 2.20. The van der Waals surface area contributed by atoms with Crippen molar-refractivity contribution in [2.75, 3.05) is 19.7 Å². The molecule has 1 fully saturated rings. The number of carbonyl (C=O) groups is 1. The second kappa shape index (κ2) is 5.96. The van der Waals surface area contributed by atoms with Crippen molar-refractivity contribution in [1.29, 1.82) is 0 Å². The Morgan fingerprint density at radius 1 is 1.44 bits per heavy atom. The van der Waals surface area contributed by atoms with Crippen LogP contribution < -0.4 is 0 Å². The number of rotatable bonds is 4. The molecule has 18 heavy (non-hydrogen) atoms. The van der Waals surface area contributed by atoms with Gasteiger partial charge in [0.15, 0.2) is 0 Å². The van der Waals surface area contributed by atoms with Crippen molar-refractivity contribution in [2.45, 2.75) is 19.3 Å². The van der Waals surface area contributed by atoms with Crippen LogP contribution in [0.15, 0.2) is 24.3 Å². The molecule has 1 aliphatic heterocycles. The van der Waals surface area contributed by atoms with Crippen LogP contribution in [-0.4, -0.2) is 35.6 Å². The summed E-state index contributed by atoms with van der Waals surface area (Å²) >= 11 is 0. The third kappa shape index (κ3) is 3.07. The standard InChI is InChI=1S/C14H18FNO2/c15-13-4-2-1-3-12(13)9-14(18)16-7-5-11(10-16)6-8-17/h1-4,11,17H,5-10H2. The number of carbonyl (C=O) groups excluding carboxylic acids is 1. The Morgan fingerprint density at radius 3 is 2.94 bits per heavy atom. The van der Waals surface area contributed by atoms with Gasteiger partial charge in [0, 0.05) is 19.7 Å². The summed E-state index contributed by atoms with van der Waals surface area (Å²) in [5.41, 5.74) is 0.452. The van der Waals surface area contributed by atoms with E-state index in [9.17, 15) is 9.18 Å². The third-order valence-electron chi connectivity index (χ3n) is 3.48. The lowest BCUT2D eigenvalue weighted by molar-refractivity contribution is -0.129. The molecule has 1 saturated heterocycles. The van der Waals surface area contributed by atoms with Crippen LogP contribution >= 0.6 is 0 Å². The van der Waals surface area contributed by atoms with Crippen molar-refractivity contribution < 1.29 is 14.3 Å². The Labute approximate surface area is 106 Å². The Morgan fingerprint density at radius 2 is 2.22 bits per heavy atom. The maximum Gasteiger partial charge on any atom is 0.227 e. The molecule has 0 aliphatic carbocycles. The molecule has 1 aromatic carbocycles. The highest BCUT2D eigenvalue weighted by molar-refractivity contribution is 5.79. The first kappa shape index (κ1) is 13.0. The molecule has 1 heterocycles. The fourth-order valence-electron chi connectivity index (χ4n) is 2.39. The zero-order valence-electron chi connectivity index (χ0n) is 10.3. The minimum atomic E-state index is -0.322. The van der Waals surface area contributed by atoms with Crippen molar-refractivity contribution in [3.05, 3.63) is 35.6 Å². The lowest BCUT2D eigenvalue weighted by Crippen LogP contribution is -2.30. The number of aliphatic hydroxyl groups excluding tert-OH is 1. The largest absolute Gasteiger partial charge is 0.396 e. The maximum atomic E-state index is 13.4. The second-order valence-electron chi connectivity index (χ2n) is 4.77. The number of hydrogen-bond acceptors (Lipinski definition) is 2. The van der Waals surface area contributed by atoms with E-state index >= 15 is 0 Å². The summed E-state index contributed by atoms with van der Waals surface area (Å²) in [5, 5.41) is 8.87. The van der Waals surface area contributed by atoms with E-state index in [1.54, 1.807) is 23.1 Å². The molecule has 98 valence electrons. The Kier molecular flexibility index (Phi) is 4.31. The monoisotopic (exact) mass is 251 g/mol. The summed E-state index contributed by atoms with van der Waals surface area (Å²) in [6.45, 7) is 1.58. The van der Waals surface area contributed by atoms with Gasteiger partial charge in [-0.25, -0.2) is 4.39 Å². The van der Waals surface area contributed by atoms with Gasteiger partial charge in [-0.2, -0.15) is 0 Å². The summed E-state index contributed by atoms with van der Waals surface area (Å²) in [6.07, 6.45) is 1.80.